The summed E-state index contributed by atoms with van der Waals surface area (Å²) in [4.78, 5) is 13.1. The Bertz CT molecular complexity index is 973. The molecule has 1 aromatic carbocycles. The second kappa shape index (κ2) is 8.13. The summed E-state index contributed by atoms with van der Waals surface area (Å²) in [6, 6.07) is 8.67. The number of nitrogens with one attached hydrogen (secondary N) is 1. The Morgan fingerprint density at radius 3 is 2.59 bits per heavy atom. The Morgan fingerprint density at radius 2 is 2.00 bits per heavy atom. The van der Waals surface area contributed by atoms with Gasteiger partial charge in [-0.15, -0.1) is 0 Å². The average Bonchev–Trinajstić information content (AvgIpc) is 3.17. The van der Waals surface area contributed by atoms with Crippen molar-refractivity contribution in [3.63, 3.8) is 0 Å². The van der Waals surface area contributed by atoms with Crippen LogP contribution in [0.25, 0.3) is 0 Å². The fourth-order valence-corrected chi connectivity index (χ4v) is 6.01. The van der Waals surface area contributed by atoms with Crippen molar-refractivity contribution in [3.05, 3.63) is 56.2 Å². The number of rotatable bonds is 5. The molecule has 3 rings (SSSR count). The van der Waals surface area contributed by atoms with Crippen LogP contribution < -0.4 is 4.72 Å². The van der Waals surface area contributed by atoms with Gasteiger partial charge in [-0.1, -0.05) is 25.3 Å². The van der Waals surface area contributed by atoms with E-state index in [2.05, 4.69) is 20.7 Å². The third-order valence-electron chi connectivity index (χ3n) is 4.97. The van der Waals surface area contributed by atoms with Crippen molar-refractivity contribution in [2.24, 2.45) is 0 Å². The summed E-state index contributed by atoms with van der Waals surface area (Å²) in [6.45, 7) is 0. The molecule has 0 radical (unpaired) electrons. The summed E-state index contributed by atoms with van der Waals surface area (Å²) >= 11 is 4.77. The van der Waals surface area contributed by atoms with Gasteiger partial charge in [-0.25, -0.2) is 8.42 Å². The molecule has 1 fully saturated rings. The van der Waals surface area contributed by atoms with E-state index in [1.807, 2.05) is 22.9 Å². The highest BCUT2D eigenvalue weighted by Crippen LogP contribution is 2.40. The fraction of sp³-hybridized carbons (Fsp3) is 0.368. The Balaban J connectivity index is 1.81. The van der Waals surface area contributed by atoms with E-state index in [1.54, 1.807) is 18.2 Å². The zero-order valence-electron chi connectivity index (χ0n) is 14.6. The molecule has 2 aromatic rings. The fourth-order valence-electron chi connectivity index (χ4n) is 3.57. The molecule has 1 N–H and O–H groups in total. The first-order chi connectivity index (χ1) is 12.9. The lowest BCUT2D eigenvalue weighted by Gasteiger charge is -2.35. The van der Waals surface area contributed by atoms with Crippen LogP contribution in [0.1, 0.15) is 48.8 Å². The van der Waals surface area contributed by atoms with Crippen molar-refractivity contribution in [2.45, 2.75) is 43.3 Å². The van der Waals surface area contributed by atoms with Gasteiger partial charge in [0.2, 0.25) is 15.9 Å². The number of nitriles is 1. The quantitative estimate of drug-likeness (QED) is 0.713. The molecular formula is C19H19BrN2O3S2. The molecule has 0 atom stereocenters. The van der Waals surface area contributed by atoms with Crippen molar-refractivity contribution >= 4 is 43.2 Å². The highest BCUT2D eigenvalue weighted by Gasteiger charge is 2.42. The topological polar surface area (TPSA) is 87.0 Å². The number of amides is 1. The van der Waals surface area contributed by atoms with Gasteiger partial charge in [0, 0.05) is 4.47 Å². The first-order valence-electron chi connectivity index (χ1n) is 8.62. The highest BCUT2D eigenvalue weighted by molar-refractivity contribution is 9.10. The molecule has 1 aromatic heterocycles. The van der Waals surface area contributed by atoms with E-state index < -0.39 is 21.3 Å². The predicted octanol–water partition coefficient (Wildman–Crippen LogP) is 4.23. The van der Waals surface area contributed by atoms with E-state index in [0.29, 0.717) is 28.4 Å². The van der Waals surface area contributed by atoms with Crippen LogP contribution in [0.5, 0.6) is 0 Å². The molecule has 0 aliphatic heterocycles. The van der Waals surface area contributed by atoms with Gasteiger partial charge in [0.25, 0.3) is 0 Å². The lowest BCUT2D eigenvalue weighted by Crippen LogP contribution is -2.47. The largest absolute Gasteiger partial charge is 0.273 e. The van der Waals surface area contributed by atoms with Gasteiger partial charge < -0.3 is 0 Å². The number of nitrogens with zero attached hydrogens (tertiary/aromatic N) is 1. The van der Waals surface area contributed by atoms with Gasteiger partial charge in [-0.3, -0.25) is 9.52 Å². The summed E-state index contributed by atoms with van der Waals surface area (Å²) in [7, 11) is -3.85. The molecule has 5 nitrogen and oxygen atoms in total. The summed E-state index contributed by atoms with van der Waals surface area (Å²) in [5.74, 6) is -0.753. The standard InChI is InChI=1S/C19H19BrN2O3S2/c20-17-10-14(4-5-15(17)11-21)13-27(24,25)22-18(23)19(7-2-1-3-8-19)16-6-9-26-12-16/h4-6,9-10,12H,1-3,7-8,13H2,(H,22,23). The van der Waals surface area contributed by atoms with E-state index >= 15 is 0 Å². The van der Waals surface area contributed by atoms with Gasteiger partial charge >= 0.3 is 0 Å². The number of sulfonamides is 1. The second-order valence-corrected chi connectivity index (χ2v) is 10.1. The van der Waals surface area contributed by atoms with Gasteiger partial charge in [-0.2, -0.15) is 16.6 Å². The maximum Gasteiger partial charge on any atom is 0.244 e. The van der Waals surface area contributed by atoms with Crippen molar-refractivity contribution in [1.29, 1.82) is 5.26 Å². The van der Waals surface area contributed by atoms with Crippen molar-refractivity contribution in [3.8, 4) is 6.07 Å². The minimum absolute atomic E-state index is 0.317. The van der Waals surface area contributed by atoms with Crippen LogP contribution >= 0.6 is 27.3 Å². The molecule has 8 heteroatoms. The average molecular weight is 467 g/mol. The summed E-state index contributed by atoms with van der Waals surface area (Å²) < 4.78 is 28.1. The molecular weight excluding hydrogens is 448 g/mol. The highest BCUT2D eigenvalue weighted by atomic mass is 79.9. The number of benzene rings is 1. The number of halogens is 1. The van der Waals surface area contributed by atoms with Crippen molar-refractivity contribution in [2.75, 3.05) is 0 Å². The smallest absolute Gasteiger partial charge is 0.244 e. The zero-order valence-corrected chi connectivity index (χ0v) is 17.8. The Kier molecular flexibility index (Phi) is 6.04. The molecule has 1 heterocycles. The third kappa shape index (κ3) is 4.42. The molecule has 1 amide bonds. The minimum atomic E-state index is -3.85. The normalized spacial score (nSPS) is 16.4. The summed E-state index contributed by atoms with van der Waals surface area (Å²) in [6.07, 6.45) is 4.20. The van der Waals surface area contributed by atoms with E-state index in [9.17, 15) is 13.2 Å². The van der Waals surface area contributed by atoms with Crippen LogP contribution in [0.4, 0.5) is 0 Å². The molecule has 0 spiro atoms. The van der Waals surface area contributed by atoms with Crippen LogP contribution in [0.2, 0.25) is 0 Å². The van der Waals surface area contributed by atoms with E-state index in [4.69, 9.17) is 5.26 Å². The maximum absolute atomic E-state index is 13.1. The monoisotopic (exact) mass is 466 g/mol. The summed E-state index contributed by atoms with van der Waals surface area (Å²) in [5, 5.41) is 12.8. The Morgan fingerprint density at radius 1 is 1.26 bits per heavy atom. The number of thiophene rings is 1. The number of hydrogen-bond acceptors (Lipinski definition) is 5. The van der Waals surface area contributed by atoms with Gasteiger partial charge in [0.1, 0.15) is 6.07 Å². The molecule has 0 saturated heterocycles. The zero-order chi connectivity index (χ0) is 19.5. The van der Waals surface area contributed by atoms with Gasteiger partial charge in [0.15, 0.2) is 0 Å². The summed E-state index contributed by atoms with van der Waals surface area (Å²) in [5.41, 5.74) is 1.07. The van der Waals surface area contributed by atoms with Crippen LogP contribution in [0.15, 0.2) is 39.5 Å². The SMILES string of the molecule is N#Cc1ccc(CS(=O)(=O)NC(=O)C2(c3ccsc3)CCCCC2)cc1Br. The molecule has 1 aliphatic rings. The maximum atomic E-state index is 13.1. The van der Waals surface area contributed by atoms with Crippen molar-refractivity contribution < 1.29 is 13.2 Å². The second-order valence-electron chi connectivity index (χ2n) is 6.77. The first kappa shape index (κ1) is 20.1. The lowest BCUT2D eigenvalue weighted by molar-refractivity contribution is -0.126. The minimum Gasteiger partial charge on any atom is -0.273 e. The molecule has 142 valence electrons. The first-order valence-corrected chi connectivity index (χ1v) is 12.0. The van der Waals surface area contributed by atoms with Crippen LogP contribution in [-0.4, -0.2) is 14.3 Å². The lowest BCUT2D eigenvalue weighted by atomic mass is 9.70. The van der Waals surface area contributed by atoms with E-state index in [0.717, 1.165) is 24.8 Å². The Hall–Kier alpha value is -1.69. The van der Waals surface area contributed by atoms with Crippen LogP contribution in [0.3, 0.4) is 0 Å². The predicted molar refractivity (Wildman–Crippen MR) is 109 cm³/mol. The Labute approximate surface area is 171 Å². The molecule has 0 bridgehead atoms. The van der Waals surface area contributed by atoms with Gasteiger partial charge in [0.05, 0.1) is 16.7 Å². The number of carbonyl (C=O) groups excluding carboxylic acids is 1. The van der Waals surface area contributed by atoms with Crippen LogP contribution in [-0.2, 0) is 26.0 Å². The molecule has 1 saturated carbocycles. The number of hydrogen-bond donors (Lipinski definition) is 1. The van der Waals surface area contributed by atoms with Crippen molar-refractivity contribution in [1.82, 2.24) is 4.72 Å². The van der Waals surface area contributed by atoms with E-state index in [1.165, 1.54) is 11.3 Å². The third-order valence-corrected chi connectivity index (χ3v) is 7.52. The van der Waals surface area contributed by atoms with Crippen LogP contribution in [0, 0.1) is 11.3 Å². The van der Waals surface area contributed by atoms with E-state index in [-0.39, 0.29) is 5.75 Å². The molecule has 27 heavy (non-hydrogen) atoms. The molecule has 0 unspecified atom stereocenters. The number of carbonyl (C=O) groups is 1. The molecule has 1 aliphatic carbocycles. The van der Waals surface area contributed by atoms with Gasteiger partial charge in [-0.05, 0) is 68.9 Å².